The number of hydrogen-bond donors (Lipinski definition) is 0. The average Bonchev–Trinajstić information content (AvgIpc) is 2.52. The average molecular weight is 345 g/mol. The molecule has 7 heteroatoms. The zero-order valence-electron chi connectivity index (χ0n) is 14.1. The Morgan fingerprint density at radius 2 is 2.00 bits per heavy atom. The monoisotopic (exact) mass is 345 g/mol. The fraction of sp³-hybridized carbons (Fsp3) is 0.278. The van der Waals surface area contributed by atoms with E-state index in [1.54, 1.807) is 20.8 Å². The maximum absolute atomic E-state index is 14.0. The summed E-state index contributed by atoms with van der Waals surface area (Å²) in [7, 11) is 0. The number of nitriles is 1. The van der Waals surface area contributed by atoms with Gasteiger partial charge in [0, 0.05) is 17.8 Å². The molecule has 1 heterocycles. The molecule has 0 unspecified atom stereocenters. The number of nitrogens with zero attached hydrogens (tertiary/aromatic N) is 3. The second-order valence-corrected chi connectivity index (χ2v) is 6.32. The number of amides is 1. The number of anilines is 1. The quantitative estimate of drug-likeness (QED) is 0.837. The Morgan fingerprint density at radius 3 is 2.60 bits per heavy atom. The molecule has 2 aromatic rings. The molecule has 0 aliphatic carbocycles. The molecular weight excluding hydrogens is 328 g/mol. The van der Waals surface area contributed by atoms with Crippen LogP contribution in [0.25, 0.3) is 0 Å². The van der Waals surface area contributed by atoms with Gasteiger partial charge < -0.3 is 4.74 Å². The smallest absolute Gasteiger partial charge is 0.416 e. The summed E-state index contributed by atoms with van der Waals surface area (Å²) in [6.07, 6.45) is 0.616. The van der Waals surface area contributed by atoms with Crippen LogP contribution in [0, 0.1) is 23.0 Å². The maximum atomic E-state index is 14.0. The molecule has 0 radical (unpaired) electrons. The van der Waals surface area contributed by atoms with Crippen LogP contribution in [0.1, 0.15) is 31.9 Å². The predicted octanol–water partition coefficient (Wildman–Crippen LogP) is 4.17. The molecule has 0 spiro atoms. The van der Waals surface area contributed by atoms with Crippen LogP contribution in [-0.4, -0.2) is 16.7 Å². The molecule has 1 aromatic heterocycles. The number of rotatable bonds is 3. The van der Waals surface area contributed by atoms with E-state index in [-0.39, 0.29) is 23.5 Å². The number of halogens is 2. The Morgan fingerprint density at radius 1 is 1.28 bits per heavy atom. The molecule has 0 aliphatic heterocycles. The summed E-state index contributed by atoms with van der Waals surface area (Å²) in [6, 6.07) is 7.91. The van der Waals surface area contributed by atoms with Crippen molar-refractivity contribution in [3.05, 3.63) is 59.3 Å². The number of pyridine rings is 1. The number of benzene rings is 1. The highest BCUT2D eigenvalue weighted by atomic mass is 19.1. The topological polar surface area (TPSA) is 66.2 Å². The Bertz CT molecular complexity index is 826. The molecule has 1 aromatic carbocycles. The first-order valence-electron chi connectivity index (χ1n) is 7.50. The summed E-state index contributed by atoms with van der Waals surface area (Å²) < 4.78 is 32.4. The number of aromatic nitrogens is 1. The number of ether oxygens (including phenoxy) is 1. The minimum absolute atomic E-state index is 0.0939. The molecule has 5 nitrogen and oxygen atoms in total. The third kappa shape index (κ3) is 4.98. The van der Waals surface area contributed by atoms with Gasteiger partial charge in [-0.1, -0.05) is 6.07 Å². The van der Waals surface area contributed by atoms with Crippen molar-refractivity contribution in [1.82, 2.24) is 4.98 Å². The molecular formula is C18H17F2N3O2. The first-order chi connectivity index (χ1) is 11.7. The Labute approximate surface area is 144 Å². The summed E-state index contributed by atoms with van der Waals surface area (Å²) in [6.45, 7) is 4.87. The predicted molar refractivity (Wildman–Crippen MR) is 87.7 cm³/mol. The van der Waals surface area contributed by atoms with Crippen LogP contribution in [0.15, 0.2) is 36.5 Å². The SMILES string of the molecule is CC(C)(C)OC(=O)N(Cc1ccc(F)cc1F)c1cc(C#N)ccn1. The molecule has 0 atom stereocenters. The summed E-state index contributed by atoms with van der Waals surface area (Å²) >= 11 is 0. The van der Waals surface area contributed by atoms with Gasteiger partial charge in [0.15, 0.2) is 0 Å². The van der Waals surface area contributed by atoms with E-state index in [9.17, 15) is 13.6 Å². The molecule has 0 N–H and O–H groups in total. The molecule has 0 aliphatic rings. The highest BCUT2D eigenvalue weighted by molar-refractivity contribution is 5.86. The van der Waals surface area contributed by atoms with Gasteiger partial charge in [-0.2, -0.15) is 5.26 Å². The minimum Gasteiger partial charge on any atom is -0.443 e. The highest BCUT2D eigenvalue weighted by Gasteiger charge is 2.25. The first kappa shape index (κ1) is 18.3. The Hall–Kier alpha value is -3.01. The lowest BCUT2D eigenvalue weighted by Gasteiger charge is -2.27. The summed E-state index contributed by atoms with van der Waals surface area (Å²) in [5, 5.41) is 9.02. The van der Waals surface area contributed by atoms with Gasteiger partial charge in [0.2, 0.25) is 0 Å². The van der Waals surface area contributed by atoms with Gasteiger partial charge in [0.1, 0.15) is 23.1 Å². The van der Waals surface area contributed by atoms with Gasteiger partial charge in [0.05, 0.1) is 18.2 Å². The van der Waals surface area contributed by atoms with Gasteiger partial charge in [0.25, 0.3) is 0 Å². The van der Waals surface area contributed by atoms with E-state index >= 15 is 0 Å². The minimum atomic E-state index is -0.787. The normalized spacial score (nSPS) is 10.9. The van der Waals surface area contributed by atoms with E-state index in [1.165, 1.54) is 24.4 Å². The van der Waals surface area contributed by atoms with Crippen molar-refractivity contribution >= 4 is 11.9 Å². The van der Waals surface area contributed by atoms with Gasteiger partial charge in [-0.05, 0) is 39.0 Å². The third-order valence-electron chi connectivity index (χ3n) is 3.11. The van der Waals surface area contributed by atoms with Gasteiger partial charge in [-0.25, -0.2) is 18.6 Å². The van der Waals surface area contributed by atoms with Crippen LogP contribution >= 0.6 is 0 Å². The van der Waals surface area contributed by atoms with Crippen molar-refractivity contribution in [3.8, 4) is 6.07 Å². The van der Waals surface area contributed by atoms with Crippen LogP contribution in [0.2, 0.25) is 0 Å². The number of carbonyl (C=O) groups excluding carboxylic acids is 1. The van der Waals surface area contributed by atoms with E-state index in [0.29, 0.717) is 0 Å². The molecule has 0 bridgehead atoms. The second-order valence-electron chi connectivity index (χ2n) is 6.32. The van der Waals surface area contributed by atoms with E-state index < -0.39 is 23.3 Å². The zero-order chi connectivity index (χ0) is 18.6. The Kier molecular flexibility index (Phi) is 5.32. The van der Waals surface area contributed by atoms with Crippen molar-refractivity contribution in [2.75, 3.05) is 4.90 Å². The van der Waals surface area contributed by atoms with Crippen LogP contribution in [0.3, 0.4) is 0 Å². The van der Waals surface area contributed by atoms with E-state index in [0.717, 1.165) is 17.0 Å². The summed E-state index contributed by atoms with van der Waals surface area (Å²) in [4.78, 5) is 17.7. The number of hydrogen-bond acceptors (Lipinski definition) is 4. The maximum Gasteiger partial charge on any atom is 0.416 e. The van der Waals surface area contributed by atoms with Crippen LogP contribution in [0.4, 0.5) is 19.4 Å². The lowest BCUT2D eigenvalue weighted by molar-refractivity contribution is 0.0576. The van der Waals surface area contributed by atoms with E-state index in [1.807, 2.05) is 6.07 Å². The lowest BCUT2D eigenvalue weighted by Crippen LogP contribution is -2.37. The summed E-state index contributed by atoms with van der Waals surface area (Å²) in [5.74, 6) is -1.36. The third-order valence-corrected chi connectivity index (χ3v) is 3.11. The summed E-state index contributed by atoms with van der Waals surface area (Å²) in [5.41, 5.74) is -0.390. The van der Waals surface area contributed by atoms with Crippen molar-refractivity contribution in [2.45, 2.75) is 32.9 Å². The van der Waals surface area contributed by atoms with Crippen molar-refractivity contribution in [1.29, 1.82) is 5.26 Å². The fourth-order valence-electron chi connectivity index (χ4n) is 2.01. The molecule has 0 saturated heterocycles. The van der Waals surface area contributed by atoms with Crippen molar-refractivity contribution < 1.29 is 18.3 Å². The molecule has 1 amide bonds. The fourth-order valence-corrected chi connectivity index (χ4v) is 2.01. The zero-order valence-corrected chi connectivity index (χ0v) is 14.1. The van der Waals surface area contributed by atoms with Crippen molar-refractivity contribution in [2.24, 2.45) is 0 Å². The van der Waals surface area contributed by atoms with Crippen LogP contribution in [-0.2, 0) is 11.3 Å². The lowest BCUT2D eigenvalue weighted by atomic mass is 10.2. The largest absolute Gasteiger partial charge is 0.443 e. The molecule has 0 saturated carbocycles. The number of carbonyl (C=O) groups is 1. The molecule has 25 heavy (non-hydrogen) atoms. The van der Waals surface area contributed by atoms with Crippen molar-refractivity contribution in [3.63, 3.8) is 0 Å². The van der Waals surface area contributed by atoms with Crippen LogP contribution in [0.5, 0.6) is 0 Å². The first-order valence-corrected chi connectivity index (χ1v) is 7.50. The Balaban J connectivity index is 2.41. The van der Waals surface area contributed by atoms with Gasteiger partial charge >= 0.3 is 6.09 Å². The standard InChI is InChI=1S/C18H17F2N3O2/c1-18(2,3)25-17(24)23(16-8-12(10-21)6-7-22-16)11-13-4-5-14(19)9-15(13)20/h4-9H,11H2,1-3H3. The molecule has 130 valence electrons. The second kappa shape index (κ2) is 7.26. The van der Waals surface area contributed by atoms with Crippen LogP contribution < -0.4 is 4.90 Å². The van der Waals surface area contributed by atoms with Gasteiger partial charge in [-0.3, -0.25) is 4.90 Å². The van der Waals surface area contributed by atoms with E-state index in [2.05, 4.69) is 4.98 Å². The molecule has 0 fully saturated rings. The van der Waals surface area contributed by atoms with Gasteiger partial charge in [-0.15, -0.1) is 0 Å². The molecule has 2 rings (SSSR count). The highest BCUT2D eigenvalue weighted by Crippen LogP contribution is 2.21. The van der Waals surface area contributed by atoms with E-state index in [4.69, 9.17) is 10.00 Å².